The lowest BCUT2D eigenvalue weighted by Gasteiger charge is -2.27. The zero-order valence-electron chi connectivity index (χ0n) is 18.4. The van der Waals surface area contributed by atoms with Gasteiger partial charge in [-0.1, -0.05) is 79.4 Å². The fourth-order valence-corrected chi connectivity index (χ4v) is 5.17. The molecule has 166 valence electrons. The summed E-state index contributed by atoms with van der Waals surface area (Å²) in [5.41, 5.74) is 0.615. The van der Waals surface area contributed by atoms with Crippen LogP contribution in [0.1, 0.15) is 37.8 Å². The first-order valence-electron chi connectivity index (χ1n) is 11.2. The second kappa shape index (κ2) is 7.72. The van der Waals surface area contributed by atoms with Crippen LogP contribution in [0.25, 0.3) is 22.0 Å². The zero-order chi connectivity index (χ0) is 23.4. The third-order valence-electron chi connectivity index (χ3n) is 6.93. The number of aromatic nitrogens is 1. The highest BCUT2D eigenvalue weighted by Gasteiger charge is 2.44. The van der Waals surface area contributed by atoms with Gasteiger partial charge < -0.3 is 0 Å². The Morgan fingerprint density at radius 2 is 1.48 bits per heavy atom. The van der Waals surface area contributed by atoms with Gasteiger partial charge in [0.25, 0.3) is 0 Å². The molecule has 1 aliphatic rings. The van der Waals surface area contributed by atoms with Gasteiger partial charge in [0.1, 0.15) is 5.67 Å². The lowest BCUT2D eigenvalue weighted by atomic mass is 9.38. The third kappa shape index (κ3) is 3.35. The molecule has 1 aromatic heterocycles. The standard InChI is InChI=1S/C27H22BF4N/c1-3-26(29,4-2)20-15-18(27(30,31)32)16-23-24(20)25-22(13-8-14-33-25)28(23)21-12-7-10-17-9-5-6-11-19(17)21/h5-16H,3-4H2,1-2H3. The highest BCUT2D eigenvalue weighted by molar-refractivity contribution is 7.00. The summed E-state index contributed by atoms with van der Waals surface area (Å²) < 4.78 is 58.1. The molecule has 1 aliphatic heterocycles. The van der Waals surface area contributed by atoms with Gasteiger partial charge in [-0.2, -0.15) is 13.2 Å². The summed E-state index contributed by atoms with van der Waals surface area (Å²) >= 11 is 0. The van der Waals surface area contributed by atoms with Crippen LogP contribution in [0.3, 0.4) is 0 Å². The Balaban J connectivity index is 1.90. The molecule has 33 heavy (non-hydrogen) atoms. The maximum absolute atomic E-state index is 16.1. The fraction of sp³-hybridized carbons (Fsp3) is 0.222. The van der Waals surface area contributed by atoms with Gasteiger partial charge in [0.2, 0.25) is 6.71 Å². The predicted octanol–water partition coefficient (Wildman–Crippen LogP) is 5.74. The Morgan fingerprint density at radius 1 is 0.788 bits per heavy atom. The van der Waals surface area contributed by atoms with E-state index in [1.165, 1.54) is 6.07 Å². The van der Waals surface area contributed by atoms with Crippen molar-refractivity contribution in [1.82, 2.24) is 4.98 Å². The molecule has 5 rings (SSSR count). The molecule has 0 aliphatic carbocycles. The molecule has 0 fully saturated rings. The highest BCUT2D eigenvalue weighted by Crippen LogP contribution is 2.42. The van der Waals surface area contributed by atoms with E-state index >= 15 is 4.39 Å². The summed E-state index contributed by atoms with van der Waals surface area (Å²) in [7, 11) is 0. The summed E-state index contributed by atoms with van der Waals surface area (Å²) in [4.78, 5) is 4.54. The summed E-state index contributed by atoms with van der Waals surface area (Å²) in [6.07, 6.45) is -2.80. The van der Waals surface area contributed by atoms with Gasteiger partial charge in [-0.05, 0) is 46.8 Å². The second-order valence-electron chi connectivity index (χ2n) is 8.60. The van der Waals surface area contributed by atoms with Crippen LogP contribution in [0.4, 0.5) is 17.6 Å². The van der Waals surface area contributed by atoms with Crippen LogP contribution in [0.2, 0.25) is 0 Å². The Morgan fingerprint density at radius 3 is 2.21 bits per heavy atom. The smallest absolute Gasteiger partial charge is 0.257 e. The summed E-state index contributed by atoms with van der Waals surface area (Å²) in [5.74, 6) is 0. The number of hydrogen-bond donors (Lipinski definition) is 0. The van der Waals surface area contributed by atoms with Crippen molar-refractivity contribution in [2.45, 2.75) is 38.5 Å². The van der Waals surface area contributed by atoms with Crippen molar-refractivity contribution in [2.24, 2.45) is 0 Å². The van der Waals surface area contributed by atoms with Crippen molar-refractivity contribution >= 4 is 33.9 Å². The van der Waals surface area contributed by atoms with E-state index in [2.05, 4.69) is 4.98 Å². The zero-order valence-corrected chi connectivity index (χ0v) is 18.4. The topological polar surface area (TPSA) is 12.9 Å². The Labute approximate surface area is 190 Å². The number of fused-ring (bicyclic) bond motifs is 4. The molecule has 0 amide bonds. The molecular formula is C27H22BF4N. The van der Waals surface area contributed by atoms with E-state index in [-0.39, 0.29) is 18.4 Å². The number of benzene rings is 3. The number of nitrogens with zero attached hydrogens (tertiary/aromatic N) is 1. The molecule has 0 unspecified atom stereocenters. The van der Waals surface area contributed by atoms with Crippen LogP contribution in [-0.4, -0.2) is 11.7 Å². The molecule has 3 aromatic carbocycles. The van der Waals surface area contributed by atoms with E-state index in [9.17, 15) is 13.2 Å². The summed E-state index contributed by atoms with van der Waals surface area (Å²) in [6, 6.07) is 19.5. The van der Waals surface area contributed by atoms with Crippen LogP contribution in [-0.2, 0) is 11.8 Å². The van der Waals surface area contributed by atoms with Crippen molar-refractivity contribution in [3.8, 4) is 11.3 Å². The molecule has 0 bridgehead atoms. The average Bonchev–Trinajstić information content (AvgIpc) is 3.16. The van der Waals surface area contributed by atoms with Gasteiger partial charge in [-0.3, -0.25) is 4.98 Å². The second-order valence-corrected chi connectivity index (χ2v) is 8.60. The van der Waals surface area contributed by atoms with E-state index in [1.54, 1.807) is 26.1 Å². The summed E-state index contributed by atoms with van der Waals surface area (Å²) in [5, 5.41) is 1.96. The molecule has 2 heterocycles. The van der Waals surface area contributed by atoms with Crippen molar-refractivity contribution < 1.29 is 17.6 Å². The molecule has 0 radical (unpaired) electrons. The molecule has 0 N–H and O–H groups in total. The van der Waals surface area contributed by atoms with Crippen LogP contribution in [0.15, 0.2) is 72.9 Å². The van der Waals surface area contributed by atoms with Crippen LogP contribution < -0.4 is 16.4 Å². The molecular weight excluding hydrogens is 425 g/mol. The van der Waals surface area contributed by atoms with E-state index < -0.39 is 24.1 Å². The largest absolute Gasteiger partial charge is 0.416 e. The Bertz CT molecular complexity index is 1350. The van der Waals surface area contributed by atoms with Gasteiger partial charge >= 0.3 is 6.18 Å². The van der Waals surface area contributed by atoms with Crippen molar-refractivity contribution in [2.75, 3.05) is 0 Å². The molecule has 0 atom stereocenters. The van der Waals surface area contributed by atoms with Gasteiger partial charge in [-0.25, -0.2) is 4.39 Å². The Hall–Kier alpha value is -3.15. The number of alkyl halides is 4. The molecule has 0 saturated heterocycles. The highest BCUT2D eigenvalue weighted by atomic mass is 19.4. The van der Waals surface area contributed by atoms with Crippen molar-refractivity contribution in [3.05, 3.63) is 84.1 Å². The van der Waals surface area contributed by atoms with Gasteiger partial charge in [0, 0.05) is 11.8 Å². The van der Waals surface area contributed by atoms with Crippen molar-refractivity contribution in [3.63, 3.8) is 0 Å². The quantitative estimate of drug-likeness (QED) is 0.253. The molecule has 0 spiro atoms. The van der Waals surface area contributed by atoms with Crippen molar-refractivity contribution in [1.29, 1.82) is 0 Å². The summed E-state index contributed by atoms with van der Waals surface area (Å²) in [6.45, 7) is 2.88. The number of pyridine rings is 1. The number of halogens is 4. The van der Waals surface area contributed by atoms with E-state index in [4.69, 9.17) is 0 Å². The molecule has 6 heteroatoms. The van der Waals surface area contributed by atoms with Gasteiger partial charge in [-0.15, -0.1) is 0 Å². The fourth-order valence-electron chi connectivity index (χ4n) is 5.17. The first-order valence-corrected chi connectivity index (χ1v) is 11.2. The lowest BCUT2D eigenvalue weighted by Crippen LogP contribution is -2.49. The Kier molecular flexibility index (Phi) is 5.07. The van der Waals surface area contributed by atoms with E-state index in [0.29, 0.717) is 16.7 Å². The average molecular weight is 447 g/mol. The maximum Gasteiger partial charge on any atom is 0.416 e. The van der Waals surface area contributed by atoms with E-state index in [1.807, 2.05) is 48.5 Å². The van der Waals surface area contributed by atoms with Gasteiger partial charge in [0.05, 0.1) is 11.3 Å². The normalized spacial score (nSPS) is 13.3. The SMILES string of the molecule is CCC(F)(CC)c1cc(C(F)(F)F)cc2c1-c1ncccc1B2c1cccc2ccccc12. The maximum atomic E-state index is 16.1. The lowest BCUT2D eigenvalue weighted by molar-refractivity contribution is -0.137. The van der Waals surface area contributed by atoms with Crippen LogP contribution in [0, 0.1) is 0 Å². The number of rotatable bonds is 4. The molecule has 4 aromatic rings. The van der Waals surface area contributed by atoms with E-state index in [0.717, 1.165) is 27.8 Å². The van der Waals surface area contributed by atoms with Crippen LogP contribution in [0.5, 0.6) is 0 Å². The predicted molar refractivity (Wildman–Crippen MR) is 127 cm³/mol. The molecule has 0 saturated carbocycles. The van der Waals surface area contributed by atoms with Crippen LogP contribution >= 0.6 is 0 Å². The van der Waals surface area contributed by atoms with Gasteiger partial charge in [0.15, 0.2) is 0 Å². The first-order chi connectivity index (χ1) is 15.8. The minimum absolute atomic E-state index is 0.0817. The molecule has 1 nitrogen and oxygen atoms in total. The number of hydrogen-bond acceptors (Lipinski definition) is 1. The minimum atomic E-state index is -4.59. The monoisotopic (exact) mass is 447 g/mol. The first kappa shape index (κ1) is 21.7. The third-order valence-corrected chi connectivity index (χ3v) is 6.93. The minimum Gasteiger partial charge on any atom is -0.257 e.